The number of rotatable bonds is 5. The van der Waals surface area contributed by atoms with E-state index in [9.17, 15) is 9.59 Å². The molecule has 9 heteroatoms. The summed E-state index contributed by atoms with van der Waals surface area (Å²) in [4.78, 5) is 23.3. The van der Waals surface area contributed by atoms with Gasteiger partial charge in [-0.3, -0.25) is 20.4 Å². The SMILES string of the molecule is O=C(CSc1nnc(-c2ccccc2)o1)NNC(=O)c1ccco1. The lowest BCUT2D eigenvalue weighted by Gasteiger charge is -2.04. The number of carbonyl (C=O) groups is 2. The summed E-state index contributed by atoms with van der Waals surface area (Å²) in [6, 6.07) is 12.4. The highest BCUT2D eigenvalue weighted by Crippen LogP contribution is 2.22. The van der Waals surface area contributed by atoms with Crippen molar-refractivity contribution in [2.45, 2.75) is 5.22 Å². The van der Waals surface area contributed by atoms with Gasteiger partial charge in [-0.25, -0.2) is 0 Å². The number of nitrogens with one attached hydrogen (secondary N) is 2. The van der Waals surface area contributed by atoms with Crippen molar-refractivity contribution >= 4 is 23.6 Å². The number of aromatic nitrogens is 2. The number of nitrogens with zero attached hydrogens (tertiary/aromatic N) is 2. The van der Waals surface area contributed by atoms with Crippen LogP contribution in [0.3, 0.4) is 0 Å². The second kappa shape index (κ2) is 7.47. The van der Waals surface area contributed by atoms with Crippen molar-refractivity contribution in [3.8, 4) is 11.5 Å². The summed E-state index contributed by atoms with van der Waals surface area (Å²) in [6.45, 7) is 0. The predicted molar refractivity (Wildman–Crippen MR) is 84.8 cm³/mol. The van der Waals surface area contributed by atoms with Crippen LogP contribution in [0.1, 0.15) is 10.6 Å². The fourth-order valence-electron chi connectivity index (χ4n) is 1.72. The van der Waals surface area contributed by atoms with Gasteiger partial charge < -0.3 is 8.83 Å². The molecule has 0 bridgehead atoms. The molecule has 122 valence electrons. The number of amides is 2. The molecule has 2 heterocycles. The number of hydrogen-bond acceptors (Lipinski definition) is 7. The molecule has 3 aromatic rings. The standard InChI is InChI=1S/C15H12N4O4S/c20-12(16-17-13(21)11-7-4-8-22-11)9-24-15-19-18-14(23-15)10-5-2-1-3-6-10/h1-8H,9H2,(H,16,20)(H,17,21). The normalized spacial score (nSPS) is 10.3. The molecule has 1 aromatic carbocycles. The van der Waals surface area contributed by atoms with E-state index in [2.05, 4.69) is 21.0 Å². The van der Waals surface area contributed by atoms with Crippen molar-refractivity contribution in [2.24, 2.45) is 0 Å². The molecule has 2 N–H and O–H groups in total. The van der Waals surface area contributed by atoms with Crippen molar-refractivity contribution in [1.82, 2.24) is 21.0 Å². The summed E-state index contributed by atoms with van der Waals surface area (Å²) in [7, 11) is 0. The van der Waals surface area contributed by atoms with E-state index in [4.69, 9.17) is 8.83 Å². The summed E-state index contributed by atoms with van der Waals surface area (Å²) < 4.78 is 10.4. The summed E-state index contributed by atoms with van der Waals surface area (Å²) >= 11 is 1.07. The smallest absolute Gasteiger partial charge is 0.305 e. The molecule has 0 unspecified atom stereocenters. The molecule has 2 aromatic heterocycles. The highest BCUT2D eigenvalue weighted by Gasteiger charge is 2.12. The minimum absolute atomic E-state index is 0.00879. The molecule has 2 amide bonds. The van der Waals surface area contributed by atoms with E-state index in [0.717, 1.165) is 17.3 Å². The molecule has 0 fully saturated rings. The van der Waals surface area contributed by atoms with Crippen LogP contribution < -0.4 is 10.9 Å². The largest absolute Gasteiger partial charge is 0.459 e. The van der Waals surface area contributed by atoms with Crippen LogP contribution in [-0.2, 0) is 4.79 Å². The third-order valence-corrected chi connectivity index (χ3v) is 3.63. The fourth-order valence-corrected chi connectivity index (χ4v) is 2.29. The first kappa shape index (κ1) is 15.8. The summed E-state index contributed by atoms with van der Waals surface area (Å²) in [5.74, 6) is -0.464. The average Bonchev–Trinajstić information content (AvgIpc) is 3.30. The van der Waals surface area contributed by atoms with Crippen LogP contribution in [0.15, 0.2) is 62.8 Å². The number of furan rings is 1. The average molecular weight is 344 g/mol. The Hall–Kier alpha value is -3.07. The van der Waals surface area contributed by atoms with Crippen molar-refractivity contribution in [2.75, 3.05) is 5.75 Å². The molecule has 3 rings (SSSR count). The molecule has 0 atom stereocenters. The number of carbonyl (C=O) groups excluding carboxylic acids is 2. The van der Waals surface area contributed by atoms with Gasteiger partial charge in [-0.1, -0.05) is 30.0 Å². The van der Waals surface area contributed by atoms with Crippen molar-refractivity contribution in [3.63, 3.8) is 0 Å². The Bertz CT molecular complexity index is 817. The fraction of sp³-hybridized carbons (Fsp3) is 0.0667. The van der Waals surface area contributed by atoms with Gasteiger partial charge in [-0.2, -0.15) is 0 Å². The zero-order chi connectivity index (χ0) is 16.8. The maximum Gasteiger partial charge on any atom is 0.305 e. The highest BCUT2D eigenvalue weighted by molar-refractivity contribution is 7.99. The third kappa shape index (κ3) is 4.02. The van der Waals surface area contributed by atoms with Gasteiger partial charge in [0, 0.05) is 5.56 Å². The van der Waals surface area contributed by atoms with Crippen LogP contribution in [0.4, 0.5) is 0 Å². The molecule has 0 saturated heterocycles. The van der Waals surface area contributed by atoms with Gasteiger partial charge in [0.1, 0.15) is 0 Å². The second-order valence-corrected chi connectivity index (χ2v) is 5.43. The first-order valence-corrected chi connectivity index (χ1v) is 7.85. The first-order chi connectivity index (χ1) is 11.7. The summed E-state index contributed by atoms with van der Waals surface area (Å²) in [5.41, 5.74) is 5.31. The maximum atomic E-state index is 11.7. The van der Waals surface area contributed by atoms with Gasteiger partial charge >= 0.3 is 5.91 Å². The number of benzene rings is 1. The first-order valence-electron chi connectivity index (χ1n) is 6.87. The molecule has 0 aliphatic rings. The Morgan fingerprint density at radius 3 is 2.62 bits per heavy atom. The van der Waals surface area contributed by atoms with E-state index in [-0.39, 0.29) is 16.7 Å². The van der Waals surface area contributed by atoms with E-state index < -0.39 is 11.8 Å². The quantitative estimate of drug-likeness (QED) is 0.537. The van der Waals surface area contributed by atoms with E-state index in [1.807, 2.05) is 30.3 Å². The Balaban J connectivity index is 1.46. The van der Waals surface area contributed by atoms with Crippen molar-refractivity contribution in [1.29, 1.82) is 0 Å². The molecule has 0 saturated carbocycles. The van der Waals surface area contributed by atoms with E-state index in [1.54, 1.807) is 6.07 Å². The molecule has 0 radical (unpaired) electrons. The monoisotopic (exact) mass is 344 g/mol. The summed E-state index contributed by atoms with van der Waals surface area (Å²) in [5, 5.41) is 8.05. The van der Waals surface area contributed by atoms with Gasteiger partial charge in [0.2, 0.25) is 11.8 Å². The van der Waals surface area contributed by atoms with Crippen molar-refractivity contribution < 1.29 is 18.4 Å². The number of hydrazine groups is 1. The van der Waals surface area contributed by atoms with Gasteiger partial charge in [0.05, 0.1) is 12.0 Å². The molecule has 24 heavy (non-hydrogen) atoms. The molecule has 0 spiro atoms. The van der Waals surface area contributed by atoms with Crippen LogP contribution in [0.5, 0.6) is 0 Å². The topological polar surface area (TPSA) is 110 Å². The Morgan fingerprint density at radius 2 is 1.88 bits per heavy atom. The Morgan fingerprint density at radius 1 is 1.04 bits per heavy atom. The van der Waals surface area contributed by atoms with E-state index in [1.165, 1.54) is 12.3 Å². The minimum atomic E-state index is -0.539. The molecule has 8 nitrogen and oxygen atoms in total. The van der Waals surface area contributed by atoms with Crippen LogP contribution in [0, 0.1) is 0 Å². The second-order valence-electron chi connectivity index (χ2n) is 4.51. The number of thioether (sulfide) groups is 1. The maximum absolute atomic E-state index is 11.7. The lowest BCUT2D eigenvalue weighted by Crippen LogP contribution is -2.42. The third-order valence-electron chi connectivity index (χ3n) is 2.81. The Kier molecular flexibility index (Phi) is 4.92. The zero-order valence-corrected chi connectivity index (χ0v) is 13.1. The molecule has 0 aliphatic heterocycles. The van der Waals surface area contributed by atoms with Crippen LogP contribution in [0.2, 0.25) is 0 Å². The van der Waals surface area contributed by atoms with Crippen LogP contribution in [0.25, 0.3) is 11.5 Å². The van der Waals surface area contributed by atoms with Crippen LogP contribution in [-0.4, -0.2) is 27.8 Å². The van der Waals surface area contributed by atoms with Gasteiger partial charge in [-0.15, -0.1) is 10.2 Å². The molecular formula is C15H12N4O4S. The van der Waals surface area contributed by atoms with E-state index >= 15 is 0 Å². The Labute approximate surface area is 140 Å². The molecule has 0 aliphatic carbocycles. The molecular weight excluding hydrogens is 332 g/mol. The zero-order valence-electron chi connectivity index (χ0n) is 12.3. The van der Waals surface area contributed by atoms with E-state index in [0.29, 0.717) is 5.89 Å². The van der Waals surface area contributed by atoms with Gasteiger partial charge in [-0.05, 0) is 24.3 Å². The predicted octanol–water partition coefficient (Wildman–Crippen LogP) is 1.88. The number of hydrogen-bond donors (Lipinski definition) is 2. The van der Waals surface area contributed by atoms with Gasteiger partial charge in [0.25, 0.3) is 5.22 Å². The van der Waals surface area contributed by atoms with Crippen LogP contribution >= 0.6 is 11.8 Å². The summed E-state index contributed by atoms with van der Waals surface area (Å²) in [6.07, 6.45) is 1.37. The highest BCUT2D eigenvalue weighted by atomic mass is 32.2. The van der Waals surface area contributed by atoms with Crippen molar-refractivity contribution in [3.05, 3.63) is 54.5 Å². The lowest BCUT2D eigenvalue weighted by molar-refractivity contribution is -0.119. The van der Waals surface area contributed by atoms with Gasteiger partial charge in [0.15, 0.2) is 5.76 Å². The lowest BCUT2D eigenvalue weighted by atomic mass is 10.2. The minimum Gasteiger partial charge on any atom is -0.459 e.